The number of nitrogens with zero attached hydrogens (tertiary/aromatic N) is 3. The molecule has 0 saturated heterocycles. The van der Waals surface area contributed by atoms with Crippen molar-refractivity contribution in [2.45, 2.75) is 38.6 Å². The molecule has 0 aliphatic heterocycles. The van der Waals surface area contributed by atoms with Crippen LogP contribution in [0.25, 0.3) is 0 Å². The Hall–Kier alpha value is -1.03. The highest BCUT2D eigenvalue weighted by atomic mass is 35.5. The highest BCUT2D eigenvalue weighted by Gasteiger charge is 2.31. The van der Waals surface area contributed by atoms with Crippen molar-refractivity contribution < 1.29 is 0 Å². The second-order valence-electron chi connectivity index (χ2n) is 4.17. The molecule has 5 heteroatoms. The minimum Gasteiger partial charge on any atom is -0.382 e. The van der Waals surface area contributed by atoms with Gasteiger partial charge in [-0.3, -0.25) is 0 Å². The fraction of sp³-hybridized carbons (Fsp3) is 0.636. The highest BCUT2D eigenvalue weighted by Crippen LogP contribution is 2.35. The van der Waals surface area contributed by atoms with E-state index in [1.54, 1.807) is 0 Å². The third-order valence-electron chi connectivity index (χ3n) is 2.81. The normalized spacial score (nSPS) is 15.1. The third-order valence-corrected chi connectivity index (χ3v) is 3.17. The molecule has 0 atom stereocenters. The van der Waals surface area contributed by atoms with Gasteiger partial charge in [0.25, 0.3) is 0 Å². The minimum atomic E-state index is 0.369. The molecule has 1 saturated carbocycles. The number of rotatable bonds is 5. The molecule has 1 heterocycles. The summed E-state index contributed by atoms with van der Waals surface area (Å²) in [5.74, 6) is 1.17. The van der Waals surface area contributed by atoms with E-state index < -0.39 is 0 Å². The lowest BCUT2D eigenvalue weighted by Gasteiger charge is -2.24. The summed E-state index contributed by atoms with van der Waals surface area (Å²) in [5, 5.41) is 0.491. The van der Waals surface area contributed by atoms with Gasteiger partial charge in [0.15, 0.2) is 5.82 Å². The Balaban J connectivity index is 2.20. The Morgan fingerprint density at radius 2 is 2.25 bits per heavy atom. The SMILES string of the molecule is CCCCN(c1ncnc(N)c1Cl)C1CC1. The van der Waals surface area contributed by atoms with Crippen molar-refractivity contribution in [3.63, 3.8) is 0 Å². The molecular formula is C11H17ClN4. The van der Waals surface area contributed by atoms with Gasteiger partial charge in [-0.15, -0.1) is 0 Å². The number of unbranched alkanes of at least 4 members (excludes halogenated alkanes) is 1. The first-order chi connectivity index (χ1) is 7.74. The smallest absolute Gasteiger partial charge is 0.153 e. The van der Waals surface area contributed by atoms with Crippen LogP contribution in [0.5, 0.6) is 0 Å². The van der Waals surface area contributed by atoms with Crippen molar-refractivity contribution in [2.75, 3.05) is 17.2 Å². The number of hydrogen-bond acceptors (Lipinski definition) is 4. The molecule has 0 unspecified atom stereocenters. The summed E-state index contributed by atoms with van der Waals surface area (Å²) in [6, 6.07) is 0.596. The van der Waals surface area contributed by atoms with Gasteiger partial charge in [0.1, 0.15) is 17.2 Å². The van der Waals surface area contributed by atoms with Crippen LogP contribution in [0.15, 0.2) is 6.33 Å². The summed E-state index contributed by atoms with van der Waals surface area (Å²) in [6.07, 6.45) is 6.25. The number of nitrogens with two attached hydrogens (primary N) is 1. The molecule has 0 spiro atoms. The van der Waals surface area contributed by atoms with Crippen molar-refractivity contribution in [3.8, 4) is 0 Å². The fourth-order valence-corrected chi connectivity index (χ4v) is 1.96. The van der Waals surface area contributed by atoms with E-state index in [0.717, 1.165) is 18.8 Å². The van der Waals surface area contributed by atoms with E-state index >= 15 is 0 Å². The zero-order valence-corrected chi connectivity index (χ0v) is 10.2. The first-order valence-electron chi connectivity index (χ1n) is 5.76. The minimum absolute atomic E-state index is 0.369. The molecule has 0 radical (unpaired) electrons. The van der Waals surface area contributed by atoms with Gasteiger partial charge in [-0.05, 0) is 19.3 Å². The lowest BCUT2D eigenvalue weighted by atomic mass is 10.3. The van der Waals surface area contributed by atoms with E-state index in [0.29, 0.717) is 16.9 Å². The molecule has 2 N–H and O–H groups in total. The maximum Gasteiger partial charge on any atom is 0.153 e. The van der Waals surface area contributed by atoms with Crippen LogP contribution in [-0.4, -0.2) is 22.6 Å². The molecule has 88 valence electrons. The topological polar surface area (TPSA) is 55.0 Å². The highest BCUT2D eigenvalue weighted by molar-refractivity contribution is 6.35. The standard InChI is InChI=1S/C11H17ClN4/c1-2-3-6-16(8-4-5-8)11-9(12)10(13)14-7-15-11/h7-8H,2-6H2,1H3,(H2,13,14,15). The van der Waals surface area contributed by atoms with Crippen LogP contribution in [0.2, 0.25) is 5.02 Å². The average molecular weight is 241 g/mol. The van der Waals surface area contributed by atoms with Crippen molar-refractivity contribution >= 4 is 23.2 Å². The largest absolute Gasteiger partial charge is 0.382 e. The van der Waals surface area contributed by atoms with Gasteiger partial charge in [0.05, 0.1) is 0 Å². The van der Waals surface area contributed by atoms with Crippen LogP contribution in [0.1, 0.15) is 32.6 Å². The molecule has 1 aliphatic carbocycles. The lowest BCUT2D eigenvalue weighted by molar-refractivity contribution is 0.704. The summed E-state index contributed by atoms with van der Waals surface area (Å²) in [4.78, 5) is 10.4. The summed E-state index contributed by atoms with van der Waals surface area (Å²) >= 11 is 6.15. The Morgan fingerprint density at radius 3 is 2.88 bits per heavy atom. The van der Waals surface area contributed by atoms with Crippen molar-refractivity contribution in [1.29, 1.82) is 0 Å². The second-order valence-corrected chi connectivity index (χ2v) is 4.55. The third kappa shape index (κ3) is 2.38. The predicted molar refractivity (Wildman–Crippen MR) is 66.7 cm³/mol. The van der Waals surface area contributed by atoms with Gasteiger partial charge in [0, 0.05) is 12.6 Å². The molecule has 4 nitrogen and oxygen atoms in total. The van der Waals surface area contributed by atoms with Crippen LogP contribution in [0.3, 0.4) is 0 Å². The number of halogens is 1. The first kappa shape index (κ1) is 11.5. The number of hydrogen-bond donors (Lipinski definition) is 1. The Bertz CT molecular complexity index is 365. The molecular weight excluding hydrogens is 224 g/mol. The molecule has 1 aromatic rings. The van der Waals surface area contributed by atoms with E-state index in [-0.39, 0.29) is 0 Å². The van der Waals surface area contributed by atoms with Crippen LogP contribution < -0.4 is 10.6 Å². The molecule has 16 heavy (non-hydrogen) atoms. The molecule has 0 aromatic carbocycles. The summed E-state index contributed by atoms with van der Waals surface area (Å²) in [7, 11) is 0. The molecule has 0 amide bonds. The van der Waals surface area contributed by atoms with Crippen molar-refractivity contribution in [2.24, 2.45) is 0 Å². The fourth-order valence-electron chi connectivity index (χ4n) is 1.75. The monoisotopic (exact) mass is 240 g/mol. The van der Waals surface area contributed by atoms with E-state index in [1.165, 1.54) is 25.6 Å². The Kier molecular flexibility index (Phi) is 3.49. The number of nitrogen functional groups attached to an aromatic ring is 1. The van der Waals surface area contributed by atoms with Crippen LogP contribution in [0.4, 0.5) is 11.6 Å². The summed E-state index contributed by atoms with van der Waals surface area (Å²) < 4.78 is 0. The Morgan fingerprint density at radius 1 is 1.50 bits per heavy atom. The quantitative estimate of drug-likeness (QED) is 0.859. The van der Waals surface area contributed by atoms with Gasteiger partial charge in [-0.1, -0.05) is 24.9 Å². The second kappa shape index (κ2) is 4.87. The van der Waals surface area contributed by atoms with Crippen molar-refractivity contribution in [1.82, 2.24) is 9.97 Å². The van der Waals surface area contributed by atoms with E-state index in [4.69, 9.17) is 17.3 Å². The zero-order valence-electron chi connectivity index (χ0n) is 9.49. The molecule has 0 bridgehead atoms. The van der Waals surface area contributed by atoms with Crippen LogP contribution in [-0.2, 0) is 0 Å². The first-order valence-corrected chi connectivity index (χ1v) is 6.14. The van der Waals surface area contributed by atoms with E-state index in [1.807, 2.05) is 0 Å². The summed E-state index contributed by atoms with van der Waals surface area (Å²) in [6.45, 7) is 3.18. The zero-order chi connectivity index (χ0) is 11.5. The van der Waals surface area contributed by atoms with Crippen LogP contribution in [0, 0.1) is 0 Å². The van der Waals surface area contributed by atoms with Gasteiger partial charge in [-0.2, -0.15) is 0 Å². The average Bonchev–Trinajstić information content (AvgIpc) is 3.08. The van der Waals surface area contributed by atoms with Crippen molar-refractivity contribution in [3.05, 3.63) is 11.3 Å². The predicted octanol–water partition coefficient (Wildman–Crippen LogP) is 2.48. The lowest BCUT2D eigenvalue weighted by Crippen LogP contribution is -2.28. The van der Waals surface area contributed by atoms with Crippen LogP contribution >= 0.6 is 11.6 Å². The van der Waals surface area contributed by atoms with Gasteiger partial charge in [0.2, 0.25) is 0 Å². The van der Waals surface area contributed by atoms with Gasteiger partial charge < -0.3 is 10.6 Å². The maximum absolute atomic E-state index is 6.15. The molecule has 1 aliphatic rings. The van der Waals surface area contributed by atoms with E-state index in [9.17, 15) is 0 Å². The number of anilines is 2. The van der Waals surface area contributed by atoms with E-state index in [2.05, 4.69) is 21.8 Å². The molecule has 2 rings (SSSR count). The molecule has 1 aromatic heterocycles. The molecule has 1 fully saturated rings. The van der Waals surface area contributed by atoms with Gasteiger partial charge >= 0.3 is 0 Å². The summed E-state index contributed by atoms with van der Waals surface area (Å²) in [5.41, 5.74) is 5.70. The van der Waals surface area contributed by atoms with Gasteiger partial charge in [-0.25, -0.2) is 9.97 Å². The maximum atomic E-state index is 6.15. The number of aromatic nitrogens is 2. The Labute approximate surface area is 101 Å².